The van der Waals surface area contributed by atoms with Crippen molar-refractivity contribution in [3.05, 3.63) is 34.1 Å². The molecule has 0 saturated carbocycles. The normalized spacial score (nSPS) is 12.2. The quantitative estimate of drug-likeness (QED) is 0.821. The molecule has 0 aliphatic carbocycles. The van der Waals surface area contributed by atoms with Gasteiger partial charge in [-0.2, -0.15) is 0 Å². The topological polar surface area (TPSA) is 72.6 Å². The Kier molecular flexibility index (Phi) is 5.37. The summed E-state index contributed by atoms with van der Waals surface area (Å²) >= 11 is 3.04. The number of rotatable bonds is 5. The average molecular weight is 306 g/mol. The van der Waals surface area contributed by atoms with Crippen LogP contribution in [-0.2, 0) is 4.74 Å². The second-order valence-corrected chi connectivity index (χ2v) is 4.35. The minimum atomic E-state index is -0.830. The van der Waals surface area contributed by atoms with Gasteiger partial charge in [0.2, 0.25) is 0 Å². The number of hydrogen-bond donors (Lipinski definition) is 2. The molecular formula is C11H13BrFNO3. The predicted molar refractivity (Wildman–Crippen MR) is 63.8 cm³/mol. The maximum absolute atomic E-state index is 13.0. The fourth-order valence-corrected chi connectivity index (χ4v) is 1.73. The van der Waals surface area contributed by atoms with E-state index >= 15 is 0 Å². The van der Waals surface area contributed by atoms with Gasteiger partial charge < -0.3 is 15.6 Å². The van der Waals surface area contributed by atoms with Crippen molar-refractivity contribution < 1.29 is 19.0 Å². The Bertz CT molecular complexity index is 400. The SMILES string of the molecule is NC(=O)OCCCC(O)c1ccc(F)c(Br)c1. The highest BCUT2D eigenvalue weighted by atomic mass is 79.9. The average Bonchev–Trinajstić information content (AvgIpc) is 2.27. The zero-order valence-corrected chi connectivity index (χ0v) is 10.6. The first-order valence-corrected chi connectivity index (χ1v) is 5.85. The van der Waals surface area contributed by atoms with Gasteiger partial charge in [-0.3, -0.25) is 0 Å². The molecule has 0 fully saturated rings. The van der Waals surface area contributed by atoms with Crippen LogP contribution in [0.5, 0.6) is 0 Å². The van der Waals surface area contributed by atoms with Crippen LogP contribution >= 0.6 is 15.9 Å². The fraction of sp³-hybridized carbons (Fsp3) is 0.364. The molecule has 1 rings (SSSR count). The molecule has 1 aromatic rings. The van der Waals surface area contributed by atoms with Gasteiger partial charge in [0.1, 0.15) is 5.82 Å². The molecule has 0 saturated heterocycles. The fourth-order valence-electron chi connectivity index (χ4n) is 1.34. The number of aliphatic hydroxyl groups excluding tert-OH is 1. The number of carbonyl (C=O) groups excluding carboxylic acids is 1. The number of benzene rings is 1. The molecule has 0 aliphatic rings. The van der Waals surface area contributed by atoms with Gasteiger partial charge in [-0.05, 0) is 46.5 Å². The number of ether oxygens (including phenoxy) is 1. The minimum absolute atomic E-state index is 0.161. The first-order valence-electron chi connectivity index (χ1n) is 5.06. The van der Waals surface area contributed by atoms with Crippen molar-refractivity contribution >= 4 is 22.0 Å². The first-order chi connectivity index (χ1) is 8.00. The lowest BCUT2D eigenvalue weighted by molar-refractivity contribution is 0.130. The summed E-state index contributed by atoms with van der Waals surface area (Å²) in [5.41, 5.74) is 5.39. The Labute approximate surface area is 107 Å². The second-order valence-electron chi connectivity index (χ2n) is 3.50. The van der Waals surface area contributed by atoms with Crippen LogP contribution in [0.2, 0.25) is 0 Å². The number of hydrogen-bond acceptors (Lipinski definition) is 3. The summed E-state index contributed by atoms with van der Waals surface area (Å²) in [5.74, 6) is -0.377. The molecule has 1 amide bonds. The van der Waals surface area contributed by atoms with Gasteiger partial charge in [0.15, 0.2) is 0 Å². The van der Waals surface area contributed by atoms with Crippen LogP contribution < -0.4 is 5.73 Å². The highest BCUT2D eigenvalue weighted by Gasteiger charge is 2.09. The van der Waals surface area contributed by atoms with Gasteiger partial charge in [-0.1, -0.05) is 6.07 Å². The van der Waals surface area contributed by atoms with Crippen LogP contribution in [0.25, 0.3) is 0 Å². The Balaban J connectivity index is 2.44. The number of amides is 1. The van der Waals surface area contributed by atoms with Crippen LogP contribution in [0.1, 0.15) is 24.5 Å². The van der Waals surface area contributed by atoms with Crippen LogP contribution in [0, 0.1) is 5.82 Å². The summed E-state index contributed by atoms with van der Waals surface area (Å²) in [6, 6.07) is 4.32. The van der Waals surface area contributed by atoms with Crippen molar-refractivity contribution in [3.63, 3.8) is 0 Å². The molecule has 0 aromatic heterocycles. The van der Waals surface area contributed by atoms with Crippen LogP contribution in [0.3, 0.4) is 0 Å². The highest BCUT2D eigenvalue weighted by molar-refractivity contribution is 9.10. The molecule has 17 heavy (non-hydrogen) atoms. The summed E-state index contributed by atoms with van der Waals surface area (Å²) in [5, 5.41) is 9.79. The van der Waals surface area contributed by atoms with Crippen molar-refractivity contribution in [2.75, 3.05) is 6.61 Å². The second kappa shape index (κ2) is 6.56. The van der Waals surface area contributed by atoms with E-state index in [1.165, 1.54) is 18.2 Å². The maximum Gasteiger partial charge on any atom is 0.404 e. The largest absolute Gasteiger partial charge is 0.450 e. The lowest BCUT2D eigenvalue weighted by Gasteiger charge is -2.11. The zero-order valence-electron chi connectivity index (χ0n) is 9.03. The standard InChI is InChI=1S/C11H13BrFNO3/c12-8-6-7(3-4-9(8)13)10(15)2-1-5-17-11(14)16/h3-4,6,10,15H,1-2,5H2,(H2,14,16). The summed E-state index contributed by atoms with van der Waals surface area (Å²) < 4.78 is 17.8. The zero-order chi connectivity index (χ0) is 12.8. The molecular weight excluding hydrogens is 293 g/mol. The number of aliphatic hydroxyl groups is 1. The van der Waals surface area contributed by atoms with Crippen molar-refractivity contribution in [1.29, 1.82) is 0 Å². The Morgan fingerprint density at radius 1 is 1.59 bits per heavy atom. The van der Waals surface area contributed by atoms with E-state index in [1.54, 1.807) is 0 Å². The molecule has 1 aromatic carbocycles. The predicted octanol–water partition coefficient (Wildman–Crippen LogP) is 2.50. The van der Waals surface area contributed by atoms with E-state index in [0.717, 1.165) is 0 Å². The van der Waals surface area contributed by atoms with E-state index in [9.17, 15) is 14.3 Å². The molecule has 0 spiro atoms. The van der Waals surface area contributed by atoms with Crippen LogP contribution in [0.4, 0.5) is 9.18 Å². The number of nitrogens with two attached hydrogens (primary N) is 1. The van der Waals surface area contributed by atoms with Crippen LogP contribution in [-0.4, -0.2) is 17.8 Å². The number of halogens is 2. The van der Waals surface area contributed by atoms with Gasteiger partial charge in [0.25, 0.3) is 0 Å². The third-order valence-electron chi connectivity index (χ3n) is 2.19. The highest BCUT2D eigenvalue weighted by Crippen LogP contribution is 2.23. The third-order valence-corrected chi connectivity index (χ3v) is 2.80. The molecule has 6 heteroatoms. The van der Waals surface area contributed by atoms with Crippen molar-refractivity contribution in [2.45, 2.75) is 18.9 Å². The number of primary amides is 1. The van der Waals surface area contributed by atoms with Gasteiger partial charge in [0.05, 0.1) is 17.2 Å². The molecule has 3 N–H and O–H groups in total. The van der Waals surface area contributed by atoms with Crippen molar-refractivity contribution in [1.82, 2.24) is 0 Å². The van der Waals surface area contributed by atoms with E-state index in [4.69, 9.17) is 5.73 Å². The molecule has 0 radical (unpaired) electrons. The molecule has 1 atom stereocenters. The van der Waals surface area contributed by atoms with Gasteiger partial charge >= 0.3 is 6.09 Å². The van der Waals surface area contributed by atoms with Gasteiger partial charge in [-0.15, -0.1) is 0 Å². The van der Waals surface area contributed by atoms with E-state index in [2.05, 4.69) is 20.7 Å². The Hall–Kier alpha value is -1.14. The summed E-state index contributed by atoms with van der Waals surface area (Å²) in [4.78, 5) is 10.3. The van der Waals surface area contributed by atoms with Crippen molar-refractivity contribution in [3.8, 4) is 0 Å². The molecule has 4 nitrogen and oxygen atoms in total. The maximum atomic E-state index is 13.0. The Morgan fingerprint density at radius 2 is 2.29 bits per heavy atom. The van der Waals surface area contributed by atoms with E-state index in [-0.39, 0.29) is 12.4 Å². The van der Waals surface area contributed by atoms with Crippen molar-refractivity contribution in [2.24, 2.45) is 5.73 Å². The summed E-state index contributed by atoms with van der Waals surface area (Å²) in [6.07, 6.45) is -0.655. The van der Waals surface area contributed by atoms with Gasteiger partial charge in [-0.25, -0.2) is 9.18 Å². The molecule has 0 aliphatic heterocycles. The van der Waals surface area contributed by atoms with Gasteiger partial charge in [0, 0.05) is 0 Å². The van der Waals surface area contributed by atoms with Crippen LogP contribution in [0.15, 0.2) is 22.7 Å². The van der Waals surface area contributed by atoms with E-state index in [0.29, 0.717) is 22.9 Å². The summed E-state index contributed by atoms with van der Waals surface area (Å²) in [7, 11) is 0. The smallest absolute Gasteiger partial charge is 0.404 e. The lowest BCUT2D eigenvalue weighted by Crippen LogP contribution is -2.14. The number of carbonyl (C=O) groups is 1. The van der Waals surface area contributed by atoms with E-state index in [1.807, 2.05) is 0 Å². The van der Waals surface area contributed by atoms with E-state index < -0.39 is 12.2 Å². The summed E-state index contributed by atoms with van der Waals surface area (Å²) in [6.45, 7) is 0.161. The molecule has 94 valence electrons. The molecule has 0 bridgehead atoms. The minimum Gasteiger partial charge on any atom is -0.450 e. The first kappa shape index (κ1) is 13.9. The third kappa shape index (κ3) is 4.70. The molecule has 1 unspecified atom stereocenters. The Morgan fingerprint density at radius 3 is 2.88 bits per heavy atom. The lowest BCUT2D eigenvalue weighted by atomic mass is 10.1. The molecule has 0 heterocycles. The monoisotopic (exact) mass is 305 g/mol.